The molecule has 0 amide bonds. The van der Waals surface area contributed by atoms with Crippen LogP contribution in [0.25, 0.3) is 11.0 Å². The minimum absolute atomic E-state index is 0.0108. The third kappa shape index (κ3) is 2.64. The van der Waals surface area contributed by atoms with Crippen molar-refractivity contribution in [1.29, 1.82) is 0 Å². The van der Waals surface area contributed by atoms with Crippen molar-refractivity contribution < 1.29 is 13.4 Å². The van der Waals surface area contributed by atoms with E-state index in [1.165, 1.54) is 0 Å². The molecule has 17 heavy (non-hydrogen) atoms. The van der Waals surface area contributed by atoms with E-state index < -0.39 is 10.8 Å². The summed E-state index contributed by atoms with van der Waals surface area (Å²) in [5, 5.41) is 0.884. The number of carbonyl (C=O) groups excluding carboxylic acids is 1. The summed E-state index contributed by atoms with van der Waals surface area (Å²) in [5.41, 5.74) is 0.686. The molecule has 0 radical (unpaired) electrons. The topological polar surface area (TPSA) is 47.3 Å². The van der Waals surface area contributed by atoms with Crippen LogP contribution < -0.4 is 0 Å². The van der Waals surface area contributed by atoms with E-state index in [-0.39, 0.29) is 16.8 Å². The van der Waals surface area contributed by atoms with Gasteiger partial charge in [-0.3, -0.25) is 9.00 Å². The molecule has 0 spiro atoms. The number of rotatable bonds is 4. The number of carbonyl (C=O) groups is 1. The second kappa shape index (κ2) is 4.84. The summed E-state index contributed by atoms with van der Waals surface area (Å²) < 4.78 is 17.0. The average Bonchev–Trinajstić information content (AvgIpc) is 2.72. The van der Waals surface area contributed by atoms with Crippen molar-refractivity contribution in [1.82, 2.24) is 0 Å². The van der Waals surface area contributed by atoms with E-state index in [2.05, 4.69) is 0 Å². The highest BCUT2D eigenvalue weighted by Crippen LogP contribution is 2.19. The van der Waals surface area contributed by atoms with Crippen LogP contribution in [0.4, 0.5) is 0 Å². The highest BCUT2D eigenvalue weighted by molar-refractivity contribution is 7.86. The van der Waals surface area contributed by atoms with Crippen LogP contribution >= 0.6 is 0 Å². The second-order valence-corrected chi connectivity index (χ2v) is 6.14. The third-order valence-electron chi connectivity index (χ3n) is 2.50. The summed E-state index contributed by atoms with van der Waals surface area (Å²) in [6, 6.07) is 9.14. The van der Waals surface area contributed by atoms with Crippen LogP contribution in [0.15, 0.2) is 34.7 Å². The molecule has 1 atom stereocenters. The molecule has 4 heteroatoms. The second-order valence-electron chi connectivity index (χ2n) is 4.15. The van der Waals surface area contributed by atoms with E-state index in [0.29, 0.717) is 11.3 Å². The van der Waals surface area contributed by atoms with E-state index in [1.807, 2.05) is 38.1 Å². The smallest absolute Gasteiger partial charge is 0.210 e. The normalized spacial score (nSPS) is 13.1. The first-order chi connectivity index (χ1) is 8.08. The van der Waals surface area contributed by atoms with Gasteiger partial charge in [0.15, 0.2) is 5.76 Å². The lowest BCUT2D eigenvalue weighted by molar-refractivity contribution is 0.0993. The van der Waals surface area contributed by atoms with Gasteiger partial charge in [-0.15, -0.1) is 0 Å². The van der Waals surface area contributed by atoms with Gasteiger partial charge in [0.05, 0.1) is 5.75 Å². The molecule has 0 saturated carbocycles. The summed E-state index contributed by atoms with van der Waals surface area (Å²) in [4.78, 5) is 11.8. The fourth-order valence-electron chi connectivity index (χ4n) is 1.49. The number of hydrogen-bond donors (Lipinski definition) is 0. The Balaban J connectivity index is 2.22. The van der Waals surface area contributed by atoms with Crippen molar-refractivity contribution in [3.05, 3.63) is 36.1 Å². The Morgan fingerprint density at radius 1 is 1.35 bits per heavy atom. The third-order valence-corrected chi connectivity index (χ3v) is 4.10. The van der Waals surface area contributed by atoms with Crippen LogP contribution in [0, 0.1) is 0 Å². The zero-order chi connectivity index (χ0) is 12.4. The number of furan rings is 1. The molecule has 0 saturated heterocycles. The molecule has 0 N–H and O–H groups in total. The monoisotopic (exact) mass is 250 g/mol. The highest BCUT2D eigenvalue weighted by atomic mass is 32.2. The maximum absolute atomic E-state index is 11.8. The first kappa shape index (κ1) is 12.0. The Bertz CT molecular complexity index is 536. The molecule has 3 nitrogen and oxygen atoms in total. The van der Waals surface area contributed by atoms with E-state index >= 15 is 0 Å². The lowest BCUT2D eigenvalue weighted by Crippen LogP contribution is -2.16. The van der Waals surface area contributed by atoms with Crippen molar-refractivity contribution >= 4 is 27.6 Å². The van der Waals surface area contributed by atoms with Gasteiger partial charge in [0.2, 0.25) is 5.78 Å². The molecule has 0 aliphatic rings. The summed E-state index contributed by atoms with van der Waals surface area (Å²) in [6.07, 6.45) is 0. The number of Topliss-reactive ketones (excluding diaryl/α,β-unsaturated/α-hetero) is 1. The number of fused-ring (bicyclic) bond motifs is 1. The minimum Gasteiger partial charge on any atom is -0.453 e. The van der Waals surface area contributed by atoms with Crippen LogP contribution in [0.3, 0.4) is 0 Å². The van der Waals surface area contributed by atoms with Crippen molar-refractivity contribution in [2.45, 2.75) is 19.1 Å². The Hall–Kier alpha value is -1.42. The van der Waals surface area contributed by atoms with Crippen LogP contribution in [0.2, 0.25) is 0 Å². The maximum atomic E-state index is 11.8. The summed E-state index contributed by atoms with van der Waals surface area (Å²) in [7, 11) is -1.13. The predicted molar refractivity (Wildman–Crippen MR) is 68.7 cm³/mol. The molecular weight excluding hydrogens is 236 g/mol. The summed E-state index contributed by atoms with van der Waals surface area (Å²) >= 11 is 0. The molecule has 90 valence electrons. The SMILES string of the molecule is CC(C)S(=O)CC(=O)c1cc2ccccc2o1. The minimum atomic E-state index is -1.13. The number of ketones is 1. The van der Waals surface area contributed by atoms with Gasteiger partial charge in [0.1, 0.15) is 5.58 Å². The quantitative estimate of drug-likeness (QED) is 0.784. The zero-order valence-corrected chi connectivity index (χ0v) is 10.6. The Kier molecular flexibility index (Phi) is 3.43. The molecule has 1 aromatic heterocycles. The van der Waals surface area contributed by atoms with Gasteiger partial charge in [0, 0.05) is 21.4 Å². The van der Waals surface area contributed by atoms with Crippen molar-refractivity contribution in [2.75, 3.05) is 5.75 Å². The Morgan fingerprint density at radius 2 is 2.06 bits per heavy atom. The molecule has 1 unspecified atom stereocenters. The molecule has 1 aromatic carbocycles. The van der Waals surface area contributed by atoms with Gasteiger partial charge in [-0.2, -0.15) is 0 Å². The average molecular weight is 250 g/mol. The van der Waals surface area contributed by atoms with Gasteiger partial charge >= 0.3 is 0 Å². The molecule has 0 bridgehead atoms. The van der Waals surface area contributed by atoms with E-state index in [9.17, 15) is 9.00 Å². The first-order valence-electron chi connectivity index (χ1n) is 5.47. The van der Waals surface area contributed by atoms with E-state index in [4.69, 9.17) is 4.42 Å². The van der Waals surface area contributed by atoms with E-state index in [1.54, 1.807) is 6.07 Å². The molecule has 0 aliphatic heterocycles. The number of benzene rings is 1. The fourth-order valence-corrected chi connectivity index (χ4v) is 2.22. The van der Waals surface area contributed by atoms with Crippen LogP contribution in [-0.4, -0.2) is 21.0 Å². The molecule has 0 aliphatic carbocycles. The van der Waals surface area contributed by atoms with Gasteiger partial charge in [0.25, 0.3) is 0 Å². The highest BCUT2D eigenvalue weighted by Gasteiger charge is 2.16. The van der Waals surface area contributed by atoms with Gasteiger partial charge in [-0.1, -0.05) is 32.0 Å². The van der Waals surface area contributed by atoms with Crippen LogP contribution in [0.5, 0.6) is 0 Å². The molecular formula is C13H14O3S. The van der Waals surface area contributed by atoms with Gasteiger partial charge in [-0.25, -0.2) is 0 Å². The standard InChI is InChI=1S/C13H14O3S/c1-9(2)17(15)8-11(14)13-7-10-5-3-4-6-12(10)16-13/h3-7,9H,8H2,1-2H3. The predicted octanol–water partition coefficient (Wildman–Crippen LogP) is 2.77. The fraction of sp³-hybridized carbons (Fsp3) is 0.308. The van der Waals surface area contributed by atoms with Crippen LogP contribution in [0.1, 0.15) is 24.4 Å². The van der Waals surface area contributed by atoms with Crippen molar-refractivity contribution in [3.8, 4) is 0 Å². The Morgan fingerprint density at radius 3 is 2.71 bits per heavy atom. The van der Waals surface area contributed by atoms with Gasteiger partial charge in [-0.05, 0) is 12.1 Å². The molecule has 2 rings (SSSR count). The van der Waals surface area contributed by atoms with E-state index in [0.717, 1.165) is 5.39 Å². The lowest BCUT2D eigenvalue weighted by atomic mass is 10.2. The number of para-hydroxylation sites is 1. The lowest BCUT2D eigenvalue weighted by Gasteiger charge is -2.02. The molecule has 0 fully saturated rings. The maximum Gasteiger partial charge on any atom is 0.210 e. The van der Waals surface area contributed by atoms with Crippen molar-refractivity contribution in [3.63, 3.8) is 0 Å². The molecule has 1 heterocycles. The van der Waals surface area contributed by atoms with Gasteiger partial charge < -0.3 is 4.42 Å². The summed E-state index contributed by atoms with van der Waals surface area (Å²) in [5.74, 6) is 0.116. The van der Waals surface area contributed by atoms with Crippen LogP contribution in [-0.2, 0) is 10.8 Å². The summed E-state index contributed by atoms with van der Waals surface area (Å²) in [6.45, 7) is 3.67. The molecule has 2 aromatic rings. The zero-order valence-electron chi connectivity index (χ0n) is 9.80. The first-order valence-corrected chi connectivity index (χ1v) is 6.85. The Labute approximate surface area is 102 Å². The largest absolute Gasteiger partial charge is 0.453 e. The number of hydrogen-bond acceptors (Lipinski definition) is 3. The van der Waals surface area contributed by atoms with Crippen molar-refractivity contribution in [2.24, 2.45) is 0 Å².